The Kier molecular flexibility index (Phi) is 5.54. The second-order valence-corrected chi connectivity index (χ2v) is 13.9. The van der Waals surface area contributed by atoms with E-state index in [0.717, 1.165) is 0 Å². The van der Waals surface area contributed by atoms with Crippen molar-refractivity contribution < 1.29 is 0 Å². The quantitative estimate of drug-likeness (QED) is 0.233. The van der Waals surface area contributed by atoms with E-state index >= 15 is 0 Å². The molecular formula is C36H22B2S3. The highest BCUT2D eigenvalue weighted by atomic mass is 32.2. The molecule has 0 nitrogen and oxygen atoms in total. The van der Waals surface area contributed by atoms with Gasteiger partial charge in [-0.25, -0.2) is 0 Å². The van der Waals surface area contributed by atoms with E-state index in [0.29, 0.717) is 0 Å². The largest absolute Gasteiger partial charge is 0.245 e. The molecule has 6 aromatic carbocycles. The maximum Gasteiger partial charge on any atom is 0.245 e. The van der Waals surface area contributed by atoms with Gasteiger partial charge in [-0.1, -0.05) is 161 Å². The standard InChI is InChI=1S/C36H22B2S3/c1-3-13-23(14-4-1)37-26-18-8-11-21-29(26)40-35-32(37)31-25-17-7-10-20-28(25)39-34(31)36-33(35)38(24-15-5-2-6-16-24)27-19-9-12-22-30(27)41-36/h1-22H. The van der Waals surface area contributed by atoms with Crippen molar-refractivity contribution in [1.82, 2.24) is 0 Å². The molecule has 0 aliphatic carbocycles. The van der Waals surface area contributed by atoms with Crippen LogP contribution in [0.25, 0.3) is 20.2 Å². The van der Waals surface area contributed by atoms with E-state index in [1.807, 2.05) is 34.9 Å². The minimum Gasteiger partial charge on any atom is -0.134 e. The van der Waals surface area contributed by atoms with Crippen LogP contribution in [-0.2, 0) is 0 Å². The zero-order chi connectivity index (χ0) is 26.9. The van der Waals surface area contributed by atoms with Gasteiger partial charge in [0.1, 0.15) is 0 Å². The molecular weight excluding hydrogens is 550 g/mol. The van der Waals surface area contributed by atoms with Gasteiger partial charge in [-0.2, -0.15) is 0 Å². The van der Waals surface area contributed by atoms with Gasteiger partial charge in [0.05, 0.1) is 0 Å². The molecule has 41 heavy (non-hydrogen) atoms. The molecule has 0 fully saturated rings. The summed E-state index contributed by atoms with van der Waals surface area (Å²) in [6.45, 7) is 0.356. The highest BCUT2D eigenvalue weighted by molar-refractivity contribution is 8.01. The number of hydrogen-bond acceptors (Lipinski definition) is 3. The van der Waals surface area contributed by atoms with Gasteiger partial charge in [-0.3, -0.25) is 0 Å². The highest BCUT2D eigenvalue weighted by Crippen LogP contribution is 2.45. The first-order chi connectivity index (χ1) is 20.4. The Labute approximate surface area is 253 Å². The van der Waals surface area contributed by atoms with Gasteiger partial charge in [0.2, 0.25) is 13.4 Å². The molecule has 3 heterocycles. The van der Waals surface area contributed by atoms with Crippen LogP contribution in [0, 0.1) is 0 Å². The fourth-order valence-electron chi connectivity index (χ4n) is 6.84. The number of rotatable bonds is 2. The Morgan fingerprint density at radius 1 is 0.439 bits per heavy atom. The highest BCUT2D eigenvalue weighted by Gasteiger charge is 2.42. The lowest BCUT2D eigenvalue weighted by atomic mass is 9.33. The average molecular weight is 572 g/mol. The number of fused-ring (bicyclic) bond motifs is 10. The van der Waals surface area contributed by atoms with E-state index < -0.39 is 0 Å². The third-order valence-electron chi connectivity index (χ3n) is 8.53. The predicted molar refractivity (Wildman–Crippen MR) is 183 cm³/mol. The summed E-state index contributed by atoms with van der Waals surface area (Å²) in [7, 11) is 0. The van der Waals surface area contributed by atoms with Gasteiger partial charge in [0.15, 0.2) is 0 Å². The van der Waals surface area contributed by atoms with Crippen LogP contribution in [0.3, 0.4) is 0 Å². The molecule has 7 aromatic rings. The monoisotopic (exact) mass is 572 g/mol. The summed E-state index contributed by atoms with van der Waals surface area (Å²) in [5, 5.41) is 2.82. The predicted octanol–water partition coefficient (Wildman–Crippen LogP) is 6.02. The van der Waals surface area contributed by atoms with E-state index in [1.54, 1.807) is 0 Å². The average Bonchev–Trinajstić information content (AvgIpc) is 3.43. The SMILES string of the molecule is c1ccc(B2c3ccccc3Sc3c2c2c(c4c3sc3ccccc34)B(c3ccccc3)c3ccccc3S2)cc1. The van der Waals surface area contributed by atoms with Crippen molar-refractivity contribution in [2.45, 2.75) is 19.6 Å². The van der Waals surface area contributed by atoms with Gasteiger partial charge in [-0.05, 0) is 39.9 Å². The second kappa shape index (κ2) is 9.46. The third-order valence-corrected chi connectivity index (χ3v) is 12.3. The number of thiophene rings is 1. The summed E-state index contributed by atoms with van der Waals surface area (Å²) in [5.74, 6) is 0. The van der Waals surface area contributed by atoms with E-state index in [-0.39, 0.29) is 13.4 Å². The minimum absolute atomic E-state index is 0.174. The van der Waals surface area contributed by atoms with Crippen LogP contribution in [0.15, 0.2) is 153 Å². The maximum absolute atomic E-state index is 2.35. The van der Waals surface area contributed by atoms with Crippen LogP contribution in [0.1, 0.15) is 0 Å². The first-order valence-electron chi connectivity index (χ1n) is 14.0. The molecule has 9 rings (SSSR count). The molecule has 0 spiro atoms. The molecule has 2 aliphatic rings. The van der Waals surface area contributed by atoms with Crippen molar-refractivity contribution in [3.05, 3.63) is 133 Å². The maximum atomic E-state index is 2.35. The van der Waals surface area contributed by atoms with Crippen molar-refractivity contribution in [3.63, 3.8) is 0 Å². The van der Waals surface area contributed by atoms with Gasteiger partial charge < -0.3 is 0 Å². The van der Waals surface area contributed by atoms with Crippen LogP contribution < -0.4 is 32.8 Å². The van der Waals surface area contributed by atoms with Crippen LogP contribution in [-0.4, -0.2) is 13.4 Å². The molecule has 0 atom stereocenters. The molecule has 0 unspecified atom stereocenters. The molecule has 0 N–H and O–H groups in total. The van der Waals surface area contributed by atoms with Crippen molar-refractivity contribution in [2.75, 3.05) is 0 Å². The van der Waals surface area contributed by atoms with Gasteiger partial charge in [0, 0.05) is 29.0 Å². The number of hydrogen-bond donors (Lipinski definition) is 0. The van der Waals surface area contributed by atoms with E-state index in [9.17, 15) is 0 Å². The van der Waals surface area contributed by atoms with Gasteiger partial charge >= 0.3 is 0 Å². The summed E-state index contributed by atoms with van der Waals surface area (Å²) in [6, 6.07) is 49.5. The minimum atomic E-state index is 0.174. The molecule has 0 saturated heterocycles. The van der Waals surface area contributed by atoms with Crippen molar-refractivity contribution in [2.24, 2.45) is 0 Å². The number of benzene rings is 6. The normalized spacial score (nSPS) is 13.6. The zero-order valence-corrected chi connectivity index (χ0v) is 24.5. The summed E-state index contributed by atoms with van der Waals surface area (Å²) in [5.41, 5.74) is 8.50. The van der Waals surface area contributed by atoms with Crippen molar-refractivity contribution >= 4 is 101 Å². The van der Waals surface area contributed by atoms with E-state index in [2.05, 4.69) is 133 Å². The molecule has 0 saturated carbocycles. The summed E-state index contributed by atoms with van der Waals surface area (Å²) in [6.07, 6.45) is 0. The Bertz CT molecular complexity index is 2120. The Balaban J connectivity index is 1.48. The Morgan fingerprint density at radius 3 is 1.61 bits per heavy atom. The Morgan fingerprint density at radius 2 is 0.951 bits per heavy atom. The van der Waals surface area contributed by atoms with Gasteiger partial charge in [0.25, 0.3) is 0 Å². The lowest BCUT2D eigenvalue weighted by Crippen LogP contribution is -2.61. The van der Waals surface area contributed by atoms with E-state index in [4.69, 9.17) is 0 Å². The first-order valence-corrected chi connectivity index (χ1v) is 16.5. The lowest BCUT2D eigenvalue weighted by Gasteiger charge is -2.34. The molecule has 190 valence electrons. The summed E-state index contributed by atoms with van der Waals surface area (Å²) in [4.78, 5) is 5.62. The van der Waals surface area contributed by atoms with Crippen LogP contribution in [0.4, 0.5) is 0 Å². The third kappa shape index (κ3) is 3.59. The molecule has 1 aromatic heterocycles. The smallest absolute Gasteiger partial charge is 0.134 e. The fourth-order valence-corrected chi connectivity index (χ4v) is 10.9. The van der Waals surface area contributed by atoms with Crippen molar-refractivity contribution in [1.29, 1.82) is 0 Å². The van der Waals surface area contributed by atoms with Crippen LogP contribution >= 0.6 is 34.9 Å². The lowest BCUT2D eigenvalue weighted by molar-refractivity contribution is 1.41. The molecule has 0 radical (unpaired) electrons. The van der Waals surface area contributed by atoms with Crippen molar-refractivity contribution in [3.8, 4) is 0 Å². The first kappa shape index (κ1) is 24.0. The molecule has 5 heteroatoms. The summed E-state index contributed by atoms with van der Waals surface area (Å²) < 4.78 is 2.80. The van der Waals surface area contributed by atoms with Gasteiger partial charge in [-0.15, -0.1) is 11.3 Å². The van der Waals surface area contributed by atoms with Crippen LogP contribution in [0.2, 0.25) is 0 Å². The molecule has 0 amide bonds. The molecule has 0 bridgehead atoms. The summed E-state index contributed by atoms with van der Waals surface area (Å²) >= 11 is 5.93. The van der Waals surface area contributed by atoms with E-state index in [1.165, 1.54) is 72.5 Å². The zero-order valence-electron chi connectivity index (χ0n) is 22.1. The Hall–Kier alpha value is -3.63. The van der Waals surface area contributed by atoms with Crippen LogP contribution in [0.5, 0.6) is 0 Å². The molecule has 2 aliphatic heterocycles. The second-order valence-electron chi connectivity index (χ2n) is 10.8. The topological polar surface area (TPSA) is 0 Å². The fraction of sp³-hybridized carbons (Fsp3) is 0.